The van der Waals surface area contributed by atoms with Gasteiger partial charge < -0.3 is 15.0 Å². The van der Waals surface area contributed by atoms with Crippen molar-refractivity contribution in [3.8, 4) is 5.75 Å². The Morgan fingerprint density at radius 3 is 2.22 bits per heavy atom. The molecule has 0 aliphatic heterocycles. The van der Waals surface area contributed by atoms with E-state index in [4.69, 9.17) is 4.74 Å². The first-order chi connectivity index (χ1) is 17.7. The number of amides is 2. The molecular weight excluding hydrogens is 460 g/mol. The molecule has 0 saturated carbocycles. The summed E-state index contributed by atoms with van der Waals surface area (Å²) in [5.41, 5.74) is 4.14. The lowest BCUT2D eigenvalue weighted by molar-refractivity contribution is -0.142. The average Bonchev–Trinajstić information content (AvgIpc) is 2.88. The Morgan fingerprint density at radius 1 is 0.865 bits per heavy atom. The normalized spacial score (nSPS) is 11.9. The van der Waals surface area contributed by atoms with Gasteiger partial charge in [0.05, 0.1) is 0 Å². The summed E-state index contributed by atoms with van der Waals surface area (Å²) in [4.78, 5) is 29.0. The monoisotopic (exact) mass is 500 g/mol. The topological polar surface area (TPSA) is 58.6 Å². The smallest absolute Gasteiger partial charge is 0.261 e. The third kappa shape index (κ3) is 8.49. The van der Waals surface area contributed by atoms with E-state index in [0.717, 1.165) is 22.3 Å². The second-order valence-corrected chi connectivity index (χ2v) is 10.3. The summed E-state index contributed by atoms with van der Waals surface area (Å²) in [7, 11) is 0. The fourth-order valence-corrected chi connectivity index (χ4v) is 4.30. The maximum Gasteiger partial charge on any atom is 0.261 e. The highest BCUT2D eigenvalue weighted by molar-refractivity contribution is 5.88. The number of benzene rings is 3. The van der Waals surface area contributed by atoms with Gasteiger partial charge in [0.1, 0.15) is 11.8 Å². The molecule has 1 atom stereocenters. The quantitative estimate of drug-likeness (QED) is 0.336. The van der Waals surface area contributed by atoms with Crippen molar-refractivity contribution in [3.05, 3.63) is 101 Å². The third-order valence-electron chi connectivity index (χ3n) is 6.28. The fraction of sp³-hybridized carbons (Fsp3) is 0.375. The zero-order chi connectivity index (χ0) is 26.8. The summed E-state index contributed by atoms with van der Waals surface area (Å²) < 4.78 is 6.06. The summed E-state index contributed by atoms with van der Waals surface area (Å²) in [6.45, 7) is 11.1. The predicted octanol–water partition coefficient (Wildman–Crippen LogP) is 5.91. The van der Waals surface area contributed by atoms with Crippen molar-refractivity contribution in [1.29, 1.82) is 0 Å². The number of carbonyl (C=O) groups excluding carboxylic acids is 2. The summed E-state index contributed by atoms with van der Waals surface area (Å²) in [5, 5.41) is 3.06. The summed E-state index contributed by atoms with van der Waals surface area (Å²) in [6, 6.07) is 25.0. The minimum Gasteiger partial charge on any atom is -0.483 e. The Hall–Kier alpha value is -3.60. The maximum absolute atomic E-state index is 13.8. The first-order valence-corrected chi connectivity index (χ1v) is 13.1. The molecule has 0 aliphatic rings. The van der Waals surface area contributed by atoms with Crippen molar-refractivity contribution < 1.29 is 14.3 Å². The van der Waals surface area contributed by atoms with E-state index >= 15 is 0 Å². The van der Waals surface area contributed by atoms with Crippen LogP contribution in [0.5, 0.6) is 5.75 Å². The molecule has 37 heavy (non-hydrogen) atoms. The van der Waals surface area contributed by atoms with Crippen molar-refractivity contribution in [2.75, 3.05) is 13.2 Å². The number of para-hydroxylation sites is 1. The maximum atomic E-state index is 13.8. The molecule has 3 aromatic rings. The molecule has 3 aromatic carbocycles. The van der Waals surface area contributed by atoms with Crippen LogP contribution in [0.1, 0.15) is 55.9 Å². The van der Waals surface area contributed by atoms with E-state index in [1.807, 2.05) is 79.7 Å². The minimum absolute atomic E-state index is 0.141. The number of nitrogens with zero attached hydrogens (tertiary/aromatic N) is 1. The largest absolute Gasteiger partial charge is 0.483 e. The van der Waals surface area contributed by atoms with Gasteiger partial charge in [0.2, 0.25) is 5.91 Å². The van der Waals surface area contributed by atoms with Crippen LogP contribution in [0.25, 0.3) is 0 Å². The van der Waals surface area contributed by atoms with E-state index in [2.05, 4.69) is 39.1 Å². The van der Waals surface area contributed by atoms with Gasteiger partial charge in [0, 0.05) is 19.5 Å². The molecule has 196 valence electrons. The zero-order valence-corrected chi connectivity index (χ0v) is 22.7. The highest BCUT2D eigenvalue weighted by atomic mass is 16.5. The molecule has 0 heterocycles. The molecular formula is C32H40N2O3. The van der Waals surface area contributed by atoms with Crippen LogP contribution in [0.3, 0.4) is 0 Å². The van der Waals surface area contributed by atoms with E-state index < -0.39 is 6.04 Å². The van der Waals surface area contributed by atoms with Crippen LogP contribution in [0.4, 0.5) is 0 Å². The summed E-state index contributed by atoms with van der Waals surface area (Å²) >= 11 is 0. The molecule has 2 amide bonds. The molecule has 0 aromatic heterocycles. The Kier molecular flexibility index (Phi) is 10.3. The lowest BCUT2D eigenvalue weighted by Gasteiger charge is -2.32. The number of hydrogen-bond acceptors (Lipinski definition) is 3. The molecule has 0 aliphatic carbocycles. The Bertz CT molecular complexity index is 1160. The standard InChI is InChI=1S/C32H40N2O3/c1-23(2)20-33-32(36)29(19-26-13-7-6-8-14-26)34(21-27-15-11-12-25(5)18-27)31(35)22-37-30-17-10-9-16-28(30)24(3)4/h6-18,23-24,29H,19-22H2,1-5H3,(H,33,36). The molecule has 1 N–H and O–H groups in total. The van der Waals surface area contributed by atoms with Gasteiger partial charge in [0.25, 0.3) is 5.91 Å². The molecule has 3 rings (SSSR count). The van der Waals surface area contributed by atoms with Crippen molar-refractivity contribution in [2.24, 2.45) is 5.92 Å². The van der Waals surface area contributed by atoms with Crippen molar-refractivity contribution in [1.82, 2.24) is 10.2 Å². The van der Waals surface area contributed by atoms with Gasteiger partial charge in [-0.1, -0.05) is 106 Å². The molecule has 0 spiro atoms. The molecule has 1 unspecified atom stereocenters. The van der Waals surface area contributed by atoms with E-state index in [1.54, 1.807) is 4.90 Å². The highest BCUT2D eigenvalue weighted by Crippen LogP contribution is 2.26. The number of rotatable bonds is 12. The average molecular weight is 501 g/mol. The van der Waals surface area contributed by atoms with Gasteiger partial charge in [0.15, 0.2) is 6.61 Å². The van der Waals surface area contributed by atoms with Crippen molar-refractivity contribution in [3.63, 3.8) is 0 Å². The van der Waals surface area contributed by atoms with E-state index in [0.29, 0.717) is 31.2 Å². The minimum atomic E-state index is -0.668. The molecule has 0 saturated heterocycles. The second-order valence-electron chi connectivity index (χ2n) is 10.3. The molecule has 0 fully saturated rings. The molecule has 0 radical (unpaired) electrons. The first kappa shape index (κ1) is 28.0. The third-order valence-corrected chi connectivity index (χ3v) is 6.28. The van der Waals surface area contributed by atoms with Crippen LogP contribution in [-0.2, 0) is 22.6 Å². The first-order valence-electron chi connectivity index (χ1n) is 13.1. The molecule has 5 heteroatoms. The van der Waals surface area contributed by atoms with Crippen molar-refractivity contribution in [2.45, 2.75) is 59.5 Å². The van der Waals surface area contributed by atoms with E-state index in [1.165, 1.54) is 0 Å². The Morgan fingerprint density at radius 2 is 1.54 bits per heavy atom. The van der Waals surface area contributed by atoms with Crippen LogP contribution in [-0.4, -0.2) is 35.9 Å². The lowest BCUT2D eigenvalue weighted by Crippen LogP contribution is -2.52. The molecule has 0 bridgehead atoms. The number of nitrogens with one attached hydrogen (secondary N) is 1. The van der Waals surface area contributed by atoms with Gasteiger partial charge in [-0.25, -0.2) is 0 Å². The van der Waals surface area contributed by atoms with Crippen molar-refractivity contribution >= 4 is 11.8 Å². The van der Waals surface area contributed by atoms with Crippen LogP contribution in [0.15, 0.2) is 78.9 Å². The van der Waals surface area contributed by atoms with Crippen LogP contribution in [0.2, 0.25) is 0 Å². The predicted molar refractivity (Wildman–Crippen MR) is 150 cm³/mol. The van der Waals surface area contributed by atoms with Gasteiger partial charge in [-0.05, 0) is 41.5 Å². The SMILES string of the molecule is Cc1cccc(CN(C(=O)COc2ccccc2C(C)C)C(Cc2ccccc2)C(=O)NCC(C)C)c1. The number of aryl methyl sites for hydroxylation is 1. The number of carbonyl (C=O) groups is 2. The Balaban J connectivity index is 1.92. The van der Waals surface area contributed by atoms with Gasteiger partial charge in [-0.3, -0.25) is 9.59 Å². The highest BCUT2D eigenvalue weighted by Gasteiger charge is 2.31. The zero-order valence-electron chi connectivity index (χ0n) is 22.7. The number of hydrogen-bond donors (Lipinski definition) is 1. The second kappa shape index (κ2) is 13.6. The number of ether oxygens (including phenoxy) is 1. The van der Waals surface area contributed by atoms with Crippen LogP contribution in [0, 0.1) is 12.8 Å². The van der Waals surface area contributed by atoms with Crippen LogP contribution >= 0.6 is 0 Å². The summed E-state index contributed by atoms with van der Waals surface area (Å²) in [5.74, 6) is 0.896. The summed E-state index contributed by atoms with van der Waals surface area (Å²) in [6.07, 6.45) is 0.422. The van der Waals surface area contributed by atoms with Gasteiger partial charge in [-0.2, -0.15) is 0 Å². The van der Waals surface area contributed by atoms with Crippen LogP contribution < -0.4 is 10.1 Å². The van der Waals surface area contributed by atoms with Gasteiger partial charge in [-0.15, -0.1) is 0 Å². The lowest BCUT2D eigenvalue weighted by atomic mass is 10.0. The molecule has 5 nitrogen and oxygen atoms in total. The Labute approximate surface area is 221 Å². The van der Waals surface area contributed by atoms with E-state index in [9.17, 15) is 9.59 Å². The van der Waals surface area contributed by atoms with Gasteiger partial charge >= 0.3 is 0 Å². The fourth-order valence-electron chi connectivity index (χ4n) is 4.30. The van der Waals surface area contributed by atoms with E-state index in [-0.39, 0.29) is 24.3 Å².